The highest BCUT2D eigenvalue weighted by molar-refractivity contribution is 5.73. The second-order valence-corrected chi connectivity index (χ2v) is 7.80. The number of likely N-dealkylation sites (tertiary alicyclic amines) is 2. The fourth-order valence-corrected chi connectivity index (χ4v) is 4.52. The molecule has 1 amide bonds. The summed E-state index contributed by atoms with van der Waals surface area (Å²) in [4.78, 5) is 16.7. The number of nitrogens with zero attached hydrogens (tertiary/aromatic N) is 3. The minimum absolute atomic E-state index is 0.248. The van der Waals surface area contributed by atoms with E-state index in [1.54, 1.807) is 19.1 Å². The number of ether oxygens (including phenoxy) is 1. The zero-order valence-corrected chi connectivity index (χ0v) is 16.4. The van der Waals surface area contributed by atoms with Crippen LogP contribution in [0.4, 0.5) is 0 Å². The van der Waals surface area contributed by atoms with Gasteiger partial charge in [-0.1, -0.05) is 18.9 Å². The molecule has 0 radical (unpaired) electrons. The van der Waals surface area contributed by atoms with Crippen molar-refractivity contribution in [1.82, 2.24) is 9.80 Å². The van der Waals surface area contributed by atoms with Gasteiger partial charge in [-0.2, -0.15) is 5.26 Å². The molecule has 2 saturated heterocycles. The quantitative estimate of drug-likeness (QED) is 0.798. The highest BCUT2D eigenvalue weighted by Gasteiger charge is 2.32. The summed E-state index contributed by atoms with van der Waals surface area (Å²) in [6.07, 6.45) is 7.16. The number of nitriles is 1. The molecule has 2 heterocycles. The Morgan fingerprint density at radius 3 is 2.74 bits per heavy atom. The van der Waals surface area contributed by atoms with Crippen molar-refractivity contribution in [3.05, 3.63) is 29.8 Å². The molecule has 0 N–H and O–H groups in total. The summed E-state index contributed by atoms with van der Waals surface area (Å²) in [7, 11) is 0. The summed E-state index contributed by atoms with van der Waals surface area (Å²) in [5.41, 5.74) is 0.631. The lowest BCUT2D eigenvalue weighted by atomic mass is 9.86. The van der Waals surface area contributed by atoms with Crippen LogP contribution in [0.1, 0.15) is 51.0 Å². The lowest BCUT2D eigenvalue weighted by molar-refractivity contribution is -0.132. The Morgan fingerprint density at radius 1 is 1.19 bits per heavy atom. The Hall–Kier alpha value is -2.06. The molecule has 0 unspecified atom stereocenters. The van der Waals surface area contributed by atoms with Crippen LogP contribution in [-0.2, 0) is 4.79 Å². The number of carbonyl (C=O) groups is 1. The molecule has 27 heavy (non-hydrogen) atoms. The number of amides is 1. The smallest absolute Gasteiger partial charge is 0.219 e. The summed E-state index contributed by atoms with van der Waals surface area (Å²) in [5.74, 6) is 1.65. The van der Waals surface area contributed by atoms with Crippen LogP contribution in [0.5, 0.6) is 5.75 Å². The van der Waals surface area contributed by atoms with Gasteiger partial charge in [-0.05, 0) is 62.9 Å². The van der Waals surface area contributed by atoms with Crippen molar-refractivity contribution in [3.8, 4) is 11.8 Å². The fourth-order valence-electron chi connectivity index (χ4n) is 4.52. The molecule has 0 bridgehead atoms. The van der Waals surface area contributed by atoms with E-state index in [2.05, 4.69) is 15.9 Å². The van der Waals surface area contributed by atoms with Crippen LogP contribution in [0.2, 0.25) is 0 Å². The first kappa shape index (κ1) is 19.7. The van der Waals surface area contributed by atoms with Crippen molar-refractivity contribution in [2.45, 2.75) is 51.5 Å². The molecule has 1 aromatic carbocycles. The molecule has 3 rings (SSSR count). The van der Waals surface area contributed by atoms with Gasteiger partial charge in [0.1, 0.15) is 12.4 Å². The molecule has 146 valence electrons. The van der Waals surface area contributed by atoms with Crippen molar-refractivity contribution in [2.24, 2.45) is 5.92 Å². The Labute approximate surface area is 162 Å². The lowest BCUT2D eigenvalue weighted by Crippen LogP contribution is -2.47. The van der Waals surface area contributed by atoms with E-state index in [9.17, 15) is 4.79 Å². The van der Waals surface area contributed by atoms with E-state index < -0.39 is 0 Å². The Bertz CT molecular complexity index is 662. The van der Waals surface area contributed by atoms with Gasteiger partial charge >= 0.3 is 0 Å². The van der Waals surface area contributed by atoms with Crippen molar-refractivity contribution in [2.75, 3.05) is 32.8 Å². The summed E-state index contributed by atoms with van der Waals surface area (Å²) in [6, 6.07) is 9.91. The lowest BCUT2D eigenvalue weighted by Gasteiger charge is -2.40. The zero-order chi connectivity index (χ0) is 19.1. The molecule has 5 heteroatoms. The van der Waals surface area contributed by atoms with Gasteiger partial charge in [0.2, 0.25) is 5.91 Å². The number of hydrogen-bond acceptors (Lipinski definition) is 4. The van der Waals surface area contributed by atoms with Gasteiger partial charge in [0, 0.05) is 26.1 Å². The predicted molar refractivity (Wildman–Crippen MR) is 105 cm³/mol. The molecule has 0 aromatic heterocycles. The van der Waals surface area contributed by atoms with Gasteiger partial charge in [-0.15, -0.1) is 0 Å². The van der Waals surface area contributed by atoms with E-state index in [-0.39, 0.29) is 5.91 Å². The third kappa shape index (κ3) is 5.46. The highest BCUT2D eigenvalue weighted by Crippen LogP contribution is 2.30. The fraction of sp³-hybridized carbons (Fsp3) is 0.636. The van der Waals surface area contributed by atoms with E-state index in [1.807, 2.05) is 12.1 Å². The molecule has 2 aliphatic heterocycles. The van der Waals surface area contributed by atoms with Gasteiger partial charge in [0.25, 0.3) is 0 Å². The maximum atomic E-state index is 12.1. The van der Waals surface area contributed by atoms with Crippen LogP contribution < -0.4 is 4.74 Å². The van der Waals surface area contributed by atoms with Crippen molar-refractivity contribution in [1.29, 1.82) is 5.26 Å². The molecular formula is C22H31N3O2. The maximum Gasteiger partial charge on any atom is 0.219 e. The highest BCUT2D eigenvalue weighted by atomic mass is 16.5. The van der Waals surface area contributed by atoms with E-state index in [4.69, 9.17) is 10.00 Å². The first-order valence-corrected chi connectivity index (χ1v) is 10.3. The predicted octanol–water partition coefficient (Wildman–Crippen LogP) is 3.44. The topological polar surface area (TPSA) is 56.6 Å². The monoisotopic (exact) mass is 369 g/mol. The minimum atomic E-state index is 0.248. The Balaban J connectivity index is 1.44. The van der Waals surface area contributed by atoms with Gasteiger partial charge in [-0.25, -0.2) is 0 Å². The van der Waals surface area contributed by atoms with Gasteiger partial charge < -0.3 is 9.64 Å². The van der Waals surface area contributed by atoms with E-state index in [0.717, 1.165) is 38.3 Å². The molecule has 2 aliphatic rings. The molecule has 5 nitrogen and oxygen atoms in total. The summed E-state index contributed by atoms with van der Waals surface area (Å²) < 4.78 is 5.81. The first-order chi connectivity index (χ1) is 13.2. The summed E-state index contributed by atoms with van der Waals surface area (Å²) >= 11 is 0. The SMILES string of the molecule is CC(=O)N1CCCCC[C@H]1C1CCN(CCOc2cccc(C#N)c2)CC1. The first-order valence-electron chi connectivity index (χ1n) is 10.3. The summed E-state index contributed by atoms with van der Waals surface area (Å²) in [5, 5.41) is 8.96. The average molecular weight is 370 g/mol. The molecule has 1 atom stereocenters. The van der Waals surface area contributed by atoms with Crippen molar-refractivity contribution in [3.63, 3.8) is 0 Å². The molecule has 1 aromatic rings. The molecular weight excluding hydrogens is 338 g/mol. The van der Waals surface area contributed by atoms with Crippen LogP contribution in [0.3, 0.4) is 0 Å². The van der Waals surface area contributed by atoms with Gasteiger partial charge in [-0.3, -0.25) is 9.69 Å². The Morgan fingerprint density at radius 2 is 2.00 bits per heavy atom. The number of piperidine rings is 1. The second-order valence-electron chi connectivity index (χ2n) is 7.80. The maximum absolute atomic E-state index is 12.1. The van der Waals surface area contributed by atoms with Crippen LogP contribution in [0.25, 0.3) is 0 Å². The van der Waals surface area contributed by atoms with Crippen molar-refractivity contribution >= 4 is 5.91 Å². The molecule has 2 fully saturated rings. The van der Waals surface area contributed by atoms with E-state index in [0.29, 0.717) is 24.1 Å². The third-order valence-electron chi connectivity index (χ3n) is 6.02. The van der Waals surface area contributed by atoms with Crippen LogP contribution in [-0.4, -0.2) is 54.5 Å². The largest absolute Gasteiger partial charge is 0.492 e. The number of hydrogen-bond donors (Lipinski definition) is 0. The average Bonchev–Trinajstić information content (AvgIpc) is 2.95. The van der Waals surface area contributed by atoms with E-state index in [1.165, 1.54) is 32.1 Å². The van der Waals surface area contributed by atoms with Crippen LogP contribution in [0.15, 0.2) is 24.3 Å². The number of rotatable bonds is 5. The van der Waals surface area contributed by atoms with Gasteiger partial charge in [0.05, 0.1) is 11.6 Å². The van der Waals surface area contributed by atoms with Crippen LogP contribution >= 0.6 is 0 Å². The minimum Gasteiger partial charge on any atom is -0.492 e. The number of benzene rings is 1. The molecule has 0 aliphatic carbocycles. The van der Waals surface area contributed by atoms with E-state index >= 15 is 0 Å². The molecule has 0 spiro atoms. The zero-order valence-electron chi connectivity index (χ0n) is 16.4. The van der Waals surface area contributed by atoms with Crippen LogP contribution in [0, 0.1) is 17.2 Å². The standard InChI is InChI=1S/C22H31N3O2/c1-18(26)25-11-4-2-3-8-22(25)20-9-12-24(13-10-20)14-15-27-21-7-5-6-19(16-21)17-23/h5-7,16,20,22H,2-4,8-15H2,1H3/t22-/m0/s1. The third-order valence-corrected chi connectivity index (χ3v) is 6.02. The van der Waals surface area contributed by atoms with Crippen molar-refractivity contribution < 1.29 is 9.53 Å². The van der Waals surface area contributed by atoms with Gasteiger partial charge in [0.15, 0.2) is 0 Å². The summed E-state index contributed by atoms with van der Waals surface area (Å²) in [6.45, 7) is 6.37. The Kier molecular flexibility index (Phi) is 7.11. The normalized spacial score (nSPS) is 22.1. The number of carbonyl (C=O) groups excluding carboxylic acids is 1. The second kappa shape index (κ2) is 9.75. The molecule has 0 saturated carbocycles.